The third kappa shape index (κ3) is 2.98. The van der Waals surface area contributed by atoms with Gasteiger partial charge in [0, 0.05) is 11.3 Å². The lowest BCUT2D eigenvalue weighted by Gasteiger charge is -2.36. The zero-order valence-electron chi connectivity index (χ0n) is 11.7. The van der Waals surface area contributed by atoms with Crippen molar-refractivity contribution in [2.75, 3.05) is 5.75 Å². The highest BCUT2D eigenvalue weighted by atomic mass is 32.2. The van der Waals surface area contributed by atoms with Crippen molar-refractivity contribution in [3.05, 3.63) is 0 Å². The number of hydrogen-bond acceptors (Lipinski definition) is 2. The molecule has 2 aliphatic rings. The summed E-state index contributed by atoms with van der Waals surface area (Å²) in [5.74, 6) is 1.21. The first kappa shape index (κ1) is 13.3. The van der Waals surface area contributed by atoms with Crippen molar-refractivity contribution in [3.63, 3.8) is 0 Å². The van der Waals surface area contributed by atoms with E-state index >= 15 is 0 Å². The van der Waals surface area contributed by atoms with Crippen LogP contribution in [0, 0.1) is 5.41 Å². The van der Waals surface area contributed by atoms with Crippen LogP contribution in [-0.2, 0) is 0 Å². The maximum absolute atomic E-state index is 5.00. The van der Waals surface area contributed by atoms with Gasteiger partial charge in [-0.05, 0) is 38.0 Å². The molecule has 0 aromatic carbocycles. The quantitative estimate of drug-likeness (QED) is 0.810. The summed E-state index contributed by atoms with van der Waals surface area (Å²) in [5, 5.41) is 4.85. The first-order valence-corrected chi connectivity index (χ1v) is 7.92. The molecule has 2 unspecified atom stereocenters. The number of nitrogens with zero attached hydrogens (tertiary/aromatic N) is 1. The lowest BCUT2D eigenvalue weighted by Crippen LogP contribution is -2.48. The van der Waals surface area contributed by atoms with Gasteiger partial charge in [-0.2, -0.15) is 0 Å². The predicted molar refractivity (Wildman–Crippen MR) is 77.8 cm³/mol. The highest BCUT2D eigenvalue weighted by Gasteiger charge is 2.35. The molecule has 0 bridgehead atoms. The third-order valence-corrected chi connectivity index (χ3v) is 5.44. The minimum atomic E-state index is 0.271. The molecule has 0 radical (unpaired) electrons. The first-order chi connectivity index (χ1) is 7.95. The molecule has 98 valence electrons. The molecule has 2 atom stereocenters. The average Bonchev–Trinajstić information content (AvgIpc) is 2.59. The van der Waals surface area contributed by atoms with Crippen molar-refractivity contribution in [2.45, 2.75) is 71.4 Å². The summed E-state index contributed by atoms with van der Waals surface area (Å²) in [6.45, 7) is 9.31. The van der Waals surface area contributed by atoms with Crippen LogP contribution in [0.1, 0.15) is 59.8 Å². The smallest absolute Gasteiger partial charge is 0.157 e. The molecule has 1 saturated heterocycles. The van der Waals surface area contributed by atoms with Crippen LogP contribution in [0.25, 0.3) is 0 Å². The molecule has 3 heteroatoms. The van der Waals surface area contributed by atoms with Gasteiger partial charge in [0.15, 0.2) is 5.17 Å². The molecular formula is C14H26N2S. The second-order valence-corrected chi connectivity index (χ2v) is 7.55. The van der Waals surface area contributed by atoms with Crippen LogP contribution in [-0.4, -0.2) is 22.5 Å². The fourth-order valence-electron chi connectivity index (χ4n) is 2.75. The molecule has 0 aromatic heterocycles. The molecule has 1 N–H and O–H groups in total. The Balaban J connectivity index is 2.07. The van der Waals surface area contributed by atoms with Crippen LogP contribution in [0.15, 0.2) is 4.99 Å². The van der Waals surface area contributed by atoms with Gasteiger partial charge in [0.1, 0.15) is 0 Å². The van der Waals surface area contributed by atoms with E-state index < -0.39 is 0 Å². The van der Waals surface area contributed by atoms with Crippen molar-refractivity contribution in [1.82, 2.24) is 5.32 Å². The van der Waals surface area contributed by atoms with Gasteiger partial charge in [-0.25, -0.2) is 0 Å². The molecule has 0 spiro atoms. The van der Waals surface area contributed by atoms with E-state index in [1.165, 1.54) is 43.0 Å². The predicted octanol–water partition coefficient (Wildman–Crippen LogP) is 3.82. The van der Waals surface area contributed by atoms with Crippen LogP contribution in [0.5, 0.6) is 0 Å². The standard InChI is InChI=1S/C14H26N2S/c1-5-14(4)9-10-17-12(16-14)15-11-7-6-8-13(11,2)3/h11H,5-10H2,1-4H3,(H,15,16). The van der Waals surface area contributed by atoms with Gasteiger partial charge in [0.2, 0.25) is 0 Å². The summed E-state index contributed by atoms with van der Waals surface area (Å²) < 4.78 is 0. The molecule has 0 aromatic rings. The molecule has 2 fully saturated rings. The van der Waals surface area contributed by atoms with Crippen molar-refractivity contribution in [3.8, 4) is 0 Å². The minimum Gasteiger partial charge on any atom is -0.360 e. The average molecular weight is 254 g/mol. The highest BCUT2D eigenvalue weighted by Crippen LogP contribution is 2.40. The van der Waals surface area contributed by atoms with E-state index in [-0.39, 0.29) is 5.54 Å². The number of amidine groups is 1. The summed E-state index contributed by atoms with van der Waals surface area (Å²) in [5.41, 5.74) is 0.669. The largest absolute Gasteiger partial charge is 0.360 e. The maximum Gasteiger partial charge on any atom is 0.157 e. The Bertz CT molecular complexity index is 311. The zero-order valence-corrected chi connectivity index (χ0v) is 12.5. The van der Waals surface area contributed by atoms with E-state index in [1.807, 2.05) is 11.8 Å². The van der Waals surface area contributed by atoms with E-state index in [1.54, 1.807) is 0 Å². The monoisotopic (exact) mass is 254 g/mol. The Morgan fingerprint density at radius 2 is 2.12 bits per heavy atom. The summed E-state index contributed by atoms with van der Waals surface area (Å²) in [6.07, 6.45) is 6.36. The molecule has 0 amide bonds. The van der Waals surface area contributed by atoms with Crippen molar-refractivity contribution >= 4 is 16.9 Å². The summed E-state index contributed by atoms with van der Waals surface area (Å²) >= 11 is 1.91. The van der Waals surface area contributed by atoms with Gasteiger partial charge in [-0.15, -0.1) is 0 Å². The van der Waals surface area contributed by atoms with E-state index in [4.69, 9.17) is 4.99 Å². The number of aliphatic imine (C=N–C) groups is 1. The van der Waals surface area contributed by atoms with Gasteiger partial charge in [0.05, 0.1) is 6.04 Å². The number of nitrogens with one attached hydrogen (secondary N) is 1. The van der Waals surface area contributed by atoms with Gasteiger partial charge in [0.25, 0.3) is 0 Å². The summed E-state index contributed by atoms with van der Waals surface area (Å²) in [7, 11) is 0. The second kappa shape index (κ2) is 4.83. The normalized spacial score (nSPS) is 39.3. The van der Waals surface area contributed by atoms with Crippen LogP contribution >= 0.6 is 11.8 Å². The summed E-state index contributed by atoms with van der Waals surface area (Å²) in [4.78, 5) is 5.00. The SMILES string of the molecule is CCC1(C)CCSC(=NC2CCCC2(C)C)N1. The van der Waals surface area contributed by atoms with Crippen molar-refractivity contribution in [1.29, 1.82) is 0 Å². The topological polar surface area (TPSA) is 24.4 Å². The van der Waals surface area contributed by atoms with E-state index in [2.05, 4.69) is 33.0 Å². The van der Waals surface area contributed by atoms with Crippen LogP contribution in [0.4, 0.5) is 0 Å². The molecule has 17 heavy (non-hydrogen) atoms. The molecule has 1 aliphatic heterocycles. The maximum atomic E-state index is 5.00. The lowest BCUT2D eigenvalue weighted by molar-refractivity contribution is 0.331. The fourth-order valence-corrected chi connectivity index (χ4v) is 4.02. The van der Waals surface area contributed by atoms with Crippen molar-refractivity contribution in [2.24, 2.45) is 10.4 Å². The van der Waals surface area contributed by atoms with Crippen LogP contribution in [0.2, 0.25) is 0 Å². The number of rotatable bonds is 2. The molecule has 1 aliphatic carbocycles. The first-order valence-electron chi connectivity index (χ1n) is 6.94. The zero-order chi connectivity index (χ0) is 12.5. The lowest BCUT2D eigenvalue weighted by atomic mass is 9.88. The third-order valence-electron chi connectivity index (χ3n) is 4.56. The Morgan fingerprint density at radius 1 is 1.35 bits per heavy atom. The van der Waals surface area contributed by atoms with E-state index in [0.717, 1.165) is 0 Å². The Hall–Kier alpha value is -0.180. The van der Waals surface area contributed by atoms with Crippen molar-refractivity contribution < 1.29 is 0 Å². The summed E-state index contributed by atoms with van der Waals surface area (Å²) in [6, 6.07) is 0.525. The minimum absolute atomic E-state index is 0.271. The van der Waals surface area contributed by atoms with E-state index in [9.17, 15) is 0 Å². The molecule has 1 heterocycles. The molecule has 2 rings (SSSR count). The Kier molecular flexibility index (Phi) is 3.77. The van der Waals surface area contributed by atoms with Gasteiger partial charge < -0.3 is 5.32 Å². The fraction of sp³-hybridized carbons (Fsp3) is 0.929. The molecular weight excluding hydrogens is 228 g/mol. The number of hydrogen-bond donors (Lipinski definition) is 1. The van der Waals surface area contributed by atoms with Gasteiger partial charge in [-0.3, -0.25) is 4.99 Å². The van der Waals surface area contributed by atoms with Crippen LogP contribution in [0.3, 0.4) is 0 Å². The number of thioether (sulfide) groups is 1. The Labute approximate surface area is 110 Å². The van der Waals surface area contributed by atoms with Gasteiger partial charge in [-0.1, -0.05) is 39.0 Å². The molecule has 1 saturated carbocycles. The van der Waals surface area contributed by atoms with E-state index in [0.29, 0.717) is 11.5 Å². The van der Waals surface area contributed by atoms with Crippen LogP contribution < -0.4 is 5.32 Å². The molecule has 2 nitrogen and oxygen atoms in total. The Morgan fingerprint density at radius 3 is 2.71 bits per heavy atom. The highest BCUT2D eigenvalue weighted by molar-refractivity contribution is 8.13. The second-order valence-electron chi connectivity index (χ2n) is 6.47. The van der Waals surface area contributed by atoms with Gasteiger partial charge >= 0.3 is 0 Å².